The first-order chi connectivity index (χ1) is 13.0. The maximum atomic E-state index is 12.2. The SMILES string of the molecule is CCOc1ccccc1/C=C1/N=C(c2cc([N+](=O)[O-])ccc2OC)OC1=O. The number of hydrogen-bond acceptors (Lipinski definition) is 7. The summed E-state index contributed by atoms with van der Waals surface area (Å²) < 4.78 is 15.9. The number of non-ortho nitro benzene ring substituents is 1. The maximum Gasteiger partial charge on any atom is 0.363 e. The normalized spacial score (nSPS) is 14.7. The van der Waals surface area contributed by atoms with Gasteiger partial charge in [0.1, 0.15) is 11.5 Å². The average molecular weight is 368 g/mol. The highest BCUT2D eigenvalue weighted by molar-refractivity contribution is 6.14. The minimum Gasteiger partial charge on any atom is -0.496 e. The molecule has 0 saturated carbocycles. The molecule has 8 nitrogen and oxygen atoms in total. The quantitative estimate of drug-likeness (QED) is 0.335. The zero-order valence-corrected chi connectivity index (χ0v) is 14.7. The van der Waals surface area contributed by atoms with E-state index in [0.717, 1.165) is 0 Å². The van der Waals surface area contributed by atoms with Crippen molar-refractivity contribution < 1.29 is 23.9 Å². The van der Waals surface area contributed by atoms with Crippen LogP contribution < -0.4 is 9.47 Å². The molecule has 0 N–H and O–H groups in total. The number of para-hydroxylation sites is 1. The van der Waals surface area contributed by atoms with E-state index in [1.807, 2.05) is 19.1 Å². The van der Waals surface area contributed by atoms with Crippen molar-refractivity contribution in [3.8, 4) is 11.5 Å². The van der Waals surface area contributed by atoms with Gasteiger partial charge in [-0.1, -0.05) is 18.2 Å². The zero-order valence-electron chi connectivity index (χ0n) is 14.7. The smallest absolute Gasteiger partial charge is 0.363 e. The Kier molecular flexibility index (Phi) is 5.16. The molecular weight excluding hydrogens is 352 g/mol. The fourth-order valence-corrected chi connectivity index (χ4v) is 2.54. The van der Waals surface area contributed by atoms with Crippen LogP contribution in [0.1, 0.15) is 18.1 Å². The van der Waals surface area contributed by atoms with Gasteiger partial charge >= 0.3 is 5.97 Å². The molecule has 0 saturated heterocycles. The van der Waals surface area contributed by atoms with E-state index in [1.165, 1.54) is 25.3 Å². The Bertz CT molecular complexity index is 964. The van der Waals surface area contributed by atoms with Crippen molar-refractivity contribution in [2.75, 3.05) is 13.7 Å². The first-order valence-electron chi connectivity index (χ1n) is 8.10. The number of aliphatic imine (C=N–C) groups is 1. The highest BCUT2D eigenvalue weighted by Gasteiger charge is 2.28. The number of benzene rings is 2. The van der Waals surface area contributed by atoms with E-state index in [0.29, 0.717) is 23.7 Å². The van der Waals surface area contributed by atoms with Crippen LogP contribution in [0.25, 0.3) is 6.08 Å². The summed E-state index contributed by atoms with van der Waals surface area (Å²) in [6.07, 6.45) is 1.55. The molecule has 0 atom stereocenters. The number of methoxy groups -OCH3 is 1. The Labute approximate surface area is 154 Å². The first kappa shape index (κ1) is 18.1. The number of ether oxygens (including phenoxy) is 3. The summed E-state index contributed by atoms with van der Waals surface area (Å²) in [7, 11) is 1.41. The van der Waals surface area contributed by atoms with Gasteiger partial charge in [-0.15, -0.1) is 0 Å². The van der Waals surface area contributed by atoms with Gasteiger partial charge in [-0.2, -0.15) is 0 Å². The van der Waals surface area contributed by atoms with E-state index in [-0.39, 0.29) is 22.8 Å². The molecule has 1 heterocycles. The fraction of sp³-hybridized carbons (Fsp3) is 0.158. The summed E-state index contributed by atoms with van der Waals surface area (Å²) in [6, 6.07) is 11.2. The lowest BCUT2D eigenvalue weighted by atomic mass is 10.1. The first-order valence-corrected chi connectivity index (χ1v) is 8.10. The van der Waals surface area contributed by atoms with E-state index in [4.69, 9.17) is 14.2 Å². The molecule has 0 unspecified atom stereocenters. The van der Waals surface area contributed by atoms with E-state index >= 15 is 0 Å². The van der Waals surface area contributed by atoms with Crippen molar-refractivity contribution in [2.45, 2.75) is 6.92 Å². The third-order valence-corrected chi connectivity index (χ3v) is 3.76. The largest absolute Gasteiger partial charge is 0.496 e. The van der Waals surface area contributed by atoms with Gasteiger partial charge in [0.2, 0.25) is 5.90 Å². The van der Waals surface area contributed by atoms with E-state index in [1.54, 1.807) is 18.2 Å². The average Bonchev–Trinajstić information content (AvgIpc) is 3.03. The molecular formula is C19H16N2O6. The lowest BCUT2D eigenvalue weighted by Crippen LogP contribution is -2.07. The molecule has 2 aromatic carbocycles. The van der Waals surface area contributed by atoms with Gasteiger partial charge in [-0.25, -0.2) is 9.79 Å². The molecule has 27 heavy (non-hydrogen) atoms. The number of esters is 1. The number of carbonyl (C=O) groups excluding carboxylic acids is 1. The van der Waals surface area contributed by atoms with Gasteiger partial charge in [0.05, 0.1) is 24.2 Å². The number of rotatable bonds is 6. The lowest BCUT2D eigenvalue weighted by Gasteiger charge is -2.06. The topological polar surface area (TPSA) is 100 Å². The summed E-state index contributed by atoms with van der Waals surface area (Å²) in [4.78, 5) is 26.9. The highest BCUT2D eigenvalue weighted by Crippen LogP contribution is 2.29. The molecule has 0 aliphatic carbocycles. The van der Waals surface area contributed by atoms with Crippen LogP contribution in [0, 0.1) is 10.1 Å². The monoisotopic (exact) mass is 368 g/mol. The molecule has 8 heteroatoms. The van der Waals surface area contributed by atoms with Gasteiger partial charge in [0.25, 0.3) is 5.69 Å². The number of carbonyl (C=O) groups is 1. The minimum absolute atomic E-state index is 0.0549. The van der Waals surface area contributed by atoms with Crippen molar-refractivity contribution in [1.82, 2.24) is 0 Å². The van der Waals surface area contributed by atoms with Gasteiger partial charge in [-0.3, -0.25) is 10.1 Å². The molecule has 0 spiro atoms. The molecule has 138 valence electrons. The maximum absolute atomic E-state index is 12.2. The third kappa shape index (κ3) is 3.79. The molecule has 0 bridgehead atoms. The Morgan fingerprint density at radius 3 is 2.70 bits per heavy atom. The van der Waals surface area contributed by atoms with Crippen LogP contribution in [0.4, 0.5) is 5.69 Å². The highest BCUT2D eigenvalue weighted by atomic mass is 16.6. The van der Waals surface area contributed by atoms with Crippen molar-refractivity contribution >= 4 is 23.6 Å². The molecule has 0 aromatic heterocycles. The van der Waals surface area contributed by atoms with Crippen LogP contribution in [0.2, 0.25) is 0 Å². The lowest BCUT2D eigenvalue weighted by molar-refractivity contribution is -0.384. The molecule has 0 fully saturated rings. The molecule has 1 aliphatic rings. The Morgan fingerprint density at radius 2 is 2.00 bits per heavy atom. The predicted octanol–water partition coefficient (Wildman–Crippen LogP) is 3.35. The van der Waals surface area contributed by atoms with Gasteiger partial charge < -0.3 is 14.2 Å². The number of nitro benzene ring substituents is 1. The van der Waals surface area contributed by atoms with E-state index < -0.39 is 10.9 Å². The van der Waals surface area contributed by atoms with Crippen molar-refractivity contribution in [3.05, 3.63) is 69.4 Å². The second-order valence-corrected chi connectivity index (χ2v) is 5.45. The summed E-state index contributed by atoms with van der Waals surface area (Å²) in [5.41, 5.74) is 0.790. The molecule has 3 rings (SSSR count). The Hall–Kier alpha value is -3.68. The van der Waals surface area contributed by atoms with Gasteiger partial charge in [-0.05, 0) is 25.1 Å². The number of hydrogen-bond donors (Lipinski definition) is 0. The second-order valence-electron chi connectivity index (χ2n) is 5.45. The second kappa shape index (κ2) is 7.69. The van der Waals surface area contributed by atoms with Crippen LogP contribution in [-0.4, -0.2) is 30.5 Å². The van der Waals surface area contributed by atoms with Crippen molar-refractivity contribution in [3.63, 3.8) is 0 Å². The summed E-state index contributed by atoms with van der Waals surface area (Å²) >= 11 is 0. The van der Waals surface area contributed by atoms with Crippen LogP contribution >= 0.6 is 0 Å². The predicted molar refractivity (Wildman–Crippen MR) is 97.9 cm³/mol. The standard InChI is InChI=1S/C19H16N2O6/c1-3-26-16-7-5-4-6-12(16)10-15-19(22)27-18(20-15)14-11-13(21(23)24)8-9-17(14)25-2/h4-11H,3H2,1-2H3/b15-10+. The number of cyclic esters (lactones) is 1. The van der Waals surface area contributed by atoms with Crippen LogP contribution in [0.3, 0.4) is 0 Å². The van der Waals surface area contributed by atoms with Crippen molar-refractivity contribution in [1.29, 1.82) is 0 Å². The van der Waals surface area contributed by atoms with Crippen LogP contribution in [0.15, 0.2) is 53.2 Å². The van der Waals surface area contributed by atoms with Crippen LogP contribution in [-0.2, 0) is 9.53 Å². The summed E-state index contributed by atoms with van der Waals surface area (Å²) in [6.45, 7) is 2.34. The minimum atomic E-state index is -0.662. The Morgan fingerprint density at radius 1 is 1.22 bits per heavy atom. The molecule has 0 radical (unpaired) electrons. The van der Waals surface area contributed by atoms with E-state index in [9.17, 15) is 14.9 Å². The number of nitrogens with zero attached hydrogens (tertiary/aromatic N) is 2. The number of nitro groups is 1. The zero-order chi connectivity index (χ0) is 19.4. The summed E-state index contributed by atoms with van der Waals surface area (Å²) in [5.74, 6) is 0.200. The van der Waals surface area contributed by atoms with Crippen molar-refractivity contribution in [2.24, 2.45) is 4.99 Å². The summed E-state index contributed by atoms with van der Waals surface area (Å²) in [5, 5.41) is 11.0. The molecule has 2 aromatic rings. The third-order valence-electron chi connectivity index (χ3n) is 3.76. The Balaban J connectivity index is 2.03. The fourth-order valence-electron chi connectivity index (χ4n) is 2.54. The van der Waals surface area contributed by atoms with E-state index in [2.05, 4.69) is 4.99 Å². The van der Waals surface area contributed by atoms with Crippen LogP contribution in [0.5, 0.6) is 11.5 Å². The van der Waals surface area contributed by atoms with Gasteiger partial charge in [0, 0.05) is 17.7 Å². The molecule has 1 aliphatic heterocycles. The molecule has 0 amide bonds. The van der Waals surface area contributed by atoms with Gasteiger partial charge in [0.15, 0.2) is 5.70 Å².